The molecule has 0 aliphatic heterocycles. The van der Waals surface area contributed by atoms with Crippen molar-refractivity contribution in [1.82, 2.24) is 0 Å². The number of hydrogen-bond donors (Lipinski definition) is 1. The fraction of sp³-hybridized carbons (Fsp3) is 0.400. The Morgan fingerprint density at radius 1 is 1.21 bits per heavy atom. The van der Waals surface area contributed by atoms with Crippen LogP contribution in [0.4, 0.5) is 8.78 Å². The summed E-state index contributed by atoms with van der Waals surface area (Å²) in [6.45, 7) is 3.72. The number of hydrogen-bond acceptors (Lipinski definition) is 1. The molecule has 1 atom stereocenters. The molecule has 0 unspecified atom stereocenters. The van der Waals surface area contributed by atoms with Crippen LogP contribution in [0.2, 0.25) is 0 Å². The van der Waals surface area contributed by atoms with Crippen LogP contribution in [0.5, 0.6) is 0 Å². The Balaban J connectivity index is 0.00000169. The minimum absolute atomic E-state index is 0. The molecular weight excluding hydrogens is 208 g/mol. The molecule has 1 aromatic carbocycles. The summed E-state index contributed by atoms with van der Waals surface area (Å²) in [5, 5.41) is 0. The number of aryl methyl sites for hydroxylation is 2. The van der Waals surface area contributed by atoms with Crippen molar-refractivity contribution >= 4 is 12.4 Å². The maximum absolute atomic E-state index is 12.3. The van der Waals surface area contributed by atoms with Crippen LogP contribution < -0.4 is 5.73 Å². The van der Waals surface area contributed by atoms with Gasteiger partial charge in [-0.3, -0.25) is 0 Å². The minimum atomic E-state index is -2.50. The smallest absolute Gasteiger partial charge is 0.257 e. The van der Waals surface area contributed by atoms with E-state index in [4.69, 9.17) is 5.73 Å². The highest BCUT2D eigenvalue weighted by Crippen LogP contribution is 2.21. The summed E-state index contributed by atoms with van der Waals surface area (Å²) >= 11 is 0. The van der Waals surface area contributed by atoms with Crippen molar-refractivity contribution in [2.24, 2.45) is 5.73 Å². The number of benzene rings is 1. The van der Waals surface area contributed by atoms with E-state index in [9.17, 15) is 8.78 Å². The third-order valence-electron chi connectivity index (χ3n) is 2.06. The Bertz CT molecular complexity index is 302. The van der Waals surface area contributed by atoms with Crippen LogP contribution in [0.1, 0.15) is 22.7 Å². The number of rotatable bonds is 2. The summed E-state index contributed by atoms with van der Waals surface area (Å²) in [5.74, 6) is 0. The highest BCUT2D eigenvalue weighted by Gasteiger charge is 2.18. The van der Waals surface area contributed by atoms with Gasteiger partial charge in [0, 0.05) is 0 Å². The quantitative estimate of drug-likeness (QED) is 0.817. The zero-order valence-electron chi connectivity index (χ0n) is 8.13. The van der Waals surface area contributed by atoms with Gasteiger partial charge in [-0.15, -0.1) is 12.4 Å². The number of nitrogens with two attached hydrogens (primary N) is 1. The van der Waals surface area contributed by atoms with Gasteiger partial charge in [0.05, 0.1) is 6.04 Å². The molecular formula is C10H14ClF2N. The molecule has 80 valence electrons. The van der Waals surface area contributed by atoms with Crippen LogP contribution in [-0.4, -0.2) is 6.43 Å². The Morgan fingerprint density at radius 3 is 2.21 bits per heavy atom. The number of halogens is 3. The largest absolute Gasteiger partial charge is 0.319 e. The lowest BCUT2D eigenvalue weighted by Crippen LogP contribution is -2.19. The van der Waals surface area contributed by atoms with Gasteiger partial charge in [-0.25, -0.2) is 8.78 Å². The monoisotopic (exact) mass is 221 g/mol. The van der Waals surface area contributed by atoms with E-state index in [1.165, 1.54) is 0 Å². The molecule has 0 amide bonds. The Kier molecular flexibility index (Phi) is 5.02. The van der Waals surface area contributed by atoms with Crippen molar-refractivity contribution in [3.63, 3.8) is 0 Å². The van der Waals surface area contributed by atoms with Crippen LogP contribution in [0.3, 0.4) is 0 Å². The molecule has 0 saturated carbocycles. The molecule has 0 bridgehead atoms. The average molecular weight is 222 g/mol. The lowest BCUT2D eigenvalue weighted by Gasteiger charge is -2.13. The van der Waals surface area contributed by atoms with E-state index in [0.29, 0.717) is 5.56 Å². The summed E-state index contributed by atoms with van der Waals surface area (Å²) in [6, 6.07) is 4.16. The van der Waals surface area contributed by atoms with Gasteiger partial charge >= 0.3 is 0 Å². The first-order valence-electron chi connectivity index (χ1n) is 4.13. The molecule has 2 N–H and O–H groups in total. The van der Waals surface area contributed by atoms with E-state index in [-0.39, 0.29) is 12.4 Å². The first-order valence-corrected chi connectivity index (χ1v) is 4.13. The molecule has 0 aliphatic rings. The van der Waals surface area contributed by atoms with E-state index >= 15 is 0 Å². The third kappa shape index (κ3) is 2.93. The minimum Gasteiger partial charge on any atom is -0.319 e. The molecule has 0 aromatic heterocycles. The fourth-order valence-corrected chi connectivity index (χ4v) is 1.34. The van der Waals surface area contributed by atoms with Crippen LogP contribution in [-0.2, 0) is 0 Å². The highest BCUT2D eigenvalue weighted by molar-refractivity contribution is 5.85. The van der Waals surface area contributed by atoms with E-state index < -0.39 is 12.5 Å². The van der Waals surface area contributed by atoms with Crippen molar-refractivity contribution in [1.29, 1.82) is 0 Å². The summed E-state index contributed by atoms with van der Waals surface area (Å²) in [6.07, 6.45) is -2.50. The Hall–Kier alpha value is -0.670. The van der Waals surface area contributed by atoms with Crippen molar-refractivity contribution in [3.8, 4) is 0 Å². The molecule has 4 heteroatoms. The van der Waals surface area contributed by atoms with Crippen LogP contribution >= 0.6 is 12.4 Å². The van der Waals surface area contributed by atoms with Crippen molar-refractivity contribution < 1.29 is 8.78 Å². The average Bonchev–Trinajstić information content (AvgIpc) is 2.03. The molecule has 1 aromatic rings. The summed E-state index contributed by atoms with van der Waals surface area (Å²) < 4.78 is 24.5. The third-order valence-corrected chi connectivity index (χ3v) is 2.06. The molecule has 0 aliphatic carbocycles. The molecule has 0 radical (unpaired) electrons. The van der Waals surface area contributed by atoms with E-state index in [2.05, 4.69) is 0 Å². The second-order valence-corrected chi connectivity index (χ2v) is 3.22. The first kappa shape index (κ1) is 13.3. The van der Waals surface area contributed by atoms with E-state index in [0.717, 1.165) is 11.1 Å². The molecule has 1 nitrogen and oxygen atoms in total. The van der Waals surface area contributed by atoms with Gasteiger partial charge in [-0.2, -0.15) is 0 Å². The molecule has 0 fully saturated rings. The molecule has 1 rings (SSSR count). The molecule has 0 spiro atoms. The van der Waals surface area contributed by atoms with Crippen LogP contribution in [0.15, 0.2) is 18.2 Å². The van der Waals surface area contributed by atoms with Gasteiger partial charge in [-0.05, 0) is 25.0 Å². The highest BCUT2D eigenvalue weighted by atomic mass is 35.5. The Labute approximate surface area is 88.7 Å². The van der Waals surface area contributed by atoms with Crippen molar-refractivity contribution in [2.75, 3.05) is 0 Å². The lowest BCUT2D eigenvalue weighted by atomic mass is 10.0. The van der Waals surface area contributed by atoms with Crippen LogP contribution in [0, 0.1) is 13.8 Å². The zero-order chi connectivity index (χ0) is 10.0. The Morgan fingerprint density at radius 2 is 1.79 bits per heavy atom. The summed E-state index contributed by atoms with van der Waals surface area (Å²) in [4.78, 5) is 0. The van der Waals surface area contributed by atoms with Crippen LogP contribution in [0.25, 0.3) is 0 Å². The lowest BCUT2D eigenvalue weighted by molar-refractivity contribution is 0.116. The van der Waals surface area contributed by atoms with Gasteiger partial charge in [0.2, 0.25) is 0 Å². The fourth-order valence-electron chi connectivity index (χ4n) is 1.34. The standard InChI is InChI=1S/C10H13F2N.ClH/c1-6-3-4-8(7(2)5-6)9(13)10(11)12;/h3-5,9-10H,13H2,1-2H3;1H/t9-;/m0./s1. The van der Waals surface area contributed by atoms with Gasteiger partial charge in [0.1, 0.15) is 0 Å². The van der Waals surface area contributed by atoms with Gasteiger partial charge in [0.15, 0.2) is 0 Å². The van der Waals surface area contributed by atoms with E-state index in [1.54, 1.807) is 19.1 Å². The van der Waals surface area contributed by atoms with Crippen molar-refractivity contribution in [3.05, 3.63) is 34.9 Å². The van der Waals surface area contributed by atoms with E-state index in [1.807, 2.05) is 13.0 Å². The molecule has 14 heavy (non-hydrogen) atoms. The maximum Gasteiger partial charge on any atom is 0.257 e. The first-order chi connectivity index (χ1) is 6.02. The second-order valence-electron chi connectivity index (χ2n) is 3.22. The zero-order valence-corrected chi connectivity index (χ0v) is 8.94. The maximum atomic E-state index is 12.3. The SMILES string of the molecule is Cc1ccc([C@H](N)C(F)F)c(C)c1.Cl. The summed E-state index contributed by atoms with van der Waals surface area (Å²) in [7, 11) is 0. The topological polar surface area (TPSA) is 26.0 Å². The summed E-state index contributed by atoms with van der Waals surface area (Å²) in [5.41, 5.74) is 7.75. The predicted molar refractivity (Wildman–Crippen MR) is 56.1 cm³/mol. The van der Waals surface area contributed by atoms with Crippen molar-refractivity contribution in [2.45, 2.75) is 26.3 Å². The van der Waals surface area contributed by atoms with Gasteiger partial charge < -0.3 is 5.73 Å². The molecule has 0 saturated heterocycles. The normalized spacial score (nSPS) is 12.4. The second kappa shape index (κ2) is 5.27. The van der Waals surface area contributed by atoms with Gasteiger partial charge in [0.25, 0.3) is 6.43 Å². The predicted octanol–water partition coefficient (Wildman–Crippen LogP) is 2.99. The molecule has 0 heterocycles. The number of alkyl halides is 2. The van der Waals surface area contributed by atoms with Gasteiger partial charge in [-0.1, -0.05) is 23.8 Å².